The molecule has 0 bridgehead atoms. The highest BCUT2D eigenvalue weighted by Gasteiger charge is 1.75. The van der Waals surface area contributed by atoms with Crippen LogP contribution in [-0.2, 0) is 0 Å². The average molecular weight is 220 g/mol. The van der Waals surface area contributed by atoms with E-state index < -0.39 is 0 Å². The van der Waals surface area contributed by atoms with Crippen LogP contribution in [-0.4, -0.2) is 0 Å². The Kier molecular flexibility index (Phi) is 94.6. The fourth-order valence-electron chi connectivity index (χ4n) is 0.500. The van der Waals surface area contributed by atoms with Crippen molar-refractivity contribution >= 4 is 0 Å². The Morgan fingerprint density at radius 2 is 0.667 bits per heavy atom. The van der Waals surface area contributed by atoms with E-state index in [4.69, 9.17) is 0 Å². The van der Waals surface area contributed by atoms with Gasteiger partial charge in [0.05, 0.1) is 0 Å². The zero-order valence-electron chi connectivity index (χ0n) is 10.9. The second kappa shape index (κ2) is 48.3. The topological polar surface area (TPSA) is 0 Å². The normalized spacial score (nSPS) is 6.80. The standard InChI is InChI=1S/C6H14.C4H10.C3H8.2CH4/c1-3-5-6-4-2;1-3-4-2;1-3-2;;/h3-6H2,1-2H3;3-4H2,1-2H3;3H2,1-2H3;2*1H4. The van der Waals surface area contributed by atoms with Gasteiger partial charge in [0.1, 0.15) is 0 Å². The minimum absolute atomic E-state index is 0. The summed E-state index contributed by atoms with van der Waals surface area (Å²) in [5.41, 5.74) is 0. The summed E-state index contributed by atoms with van der Waals surface area (Å²) in [6.45, 7) is 13.1. The van der Waals surface area contributed by atoms with Crippen LogP contribution in [0.2, 0.25) is 0 Å². The monoisotopic (exact) mass is 220 g/mol. The fraction of sp³-hybridized carbons (Fsp3) is 1.00. The molecular weight excluding hydrogens is 180 g/mol. The van der Waals surface area contributed by atoms with E-state index in [-0.39, 0.29) is 14.9 Å². The van der Waals surface area contributed by atoms with Gasteiger partial charge in [-0.05, 0) is 0 Å². The van der Waals surface area contributed by atoms with Gasteiger partial charge in [-0.3, -0.25) is 0 Å². The number of unbranched alkanes of at least 4 members (excludes halogenated alkanes) is 4. The maximum Gasteiger partial charge on any atom is -0.0536 e. The molecule has 0 heterocycles. The van der Waals surface area contributed by atoms with Gasteiger partial charge in [-0.25, -0.2) is 0 Å². The van der Waals surface area contributed by atoms with Crippen molar-refractivity contribution in [3.63, 3.8) is 0 Å². The van der Waals surface area contributed by atoms with E-state index >= 15 is 0 Å². The van der Waals surface area contributed by atoms with Gasteiger partial charge in [0.2, 0.25) is 0 Å². The molecule has 100 valence electrons. The highest BCUT2D eigenvalue weighted by Crippen LogP contribution is 1.95. The van der Waals surface area contributed by atoms with Crippen molar-refractivity contribution < 1.29 is 0 Å². The first-order chi connectivity index (χ1) is 6.24. The van der Waals surface area contributed by atoms with Gasteiger partial charge in [0.25, 0.3) is 0 Å². The molecular formula is C15H40. The highest BCUT2D eigenvalue weighted by atomic mass is 13.8. The zero-order valence-corrected chi connectivity index (χ0v) is 10.9. The Morgan fingerprint density at radius 3 is 0.733 bits per heavy atom. The number of hydrogen-bond donors (Lipinski definition) is 0. The third-order valence-corrected chi connectivity index (χ3v) is 1.46. The van der Waals surface area contributed by atoms with Crippen LogP contribution in [0.15, 0.2) is 0 Å². The molecule has 0 amide bonds. The van der Waals surface area contributed by atoms with Crippen molar-refractivity contribution in [3.05, 3.63) is 0 Å². The molecule has 0 aliphatic carbocycles. The summed E-state index contributed by atoms with van der Waals surface area (Å²) in [4.78, 5) is 0. The quantitative estimate of drug-likeness (QED) is 0.444. The summed E-state index contributed by atoms with van der Waals surface area (Å²) in [5.74, 6) is 0. The molecule has 0 saturated heterocycles. The smallest absolute Gasteiger partial charge is 0.0536 e. The molecule has 0 rings (SSSR count). The van der Waals surface area contributed by atoms with E-state index in [0.29, 0.717) is 0 Å². The minimum atomic E-state index is 0. The van der Waals surface area contributed by atoms with E-state index in [1.54, 1.807) is 0 Å². The van der Waals surface area contributed by atoms with E-state index in [9.17, 15) is 0 Å². The molecule has 0 aromatic rings. The van der Waals surface area contributed by atoms with E-state index in [1.807, 2.05) is 0 Å². The van der Waals surface area contributed by atoms with Gasteiger partial charge < -0.3 is 0 Å². The second-order valence-electron chi connectivity index (χ2n) is 3.41. The first kappa shape index (κ1) is 29.4. The Balaban J connectivity index is -0.0000000332. The molecule has 0 unspecified atom stereocenters. The van der Waals surface area contributed by atoms with Crippen molar-refractivity contribution in [2.24, 2.45) is 0 Å². The summed E-state index contributed by atoms with van der Waals surface area (Å²) in [5, 5.41) is 0. The predicted octanol–water partition coefficient (Wildman–Crippen LogP) is 7.08. The summed E-state index contributed by atoms with van der Waals surface area (Å²) in [6.07, 6.45) is 9.43. The van der Waals surface area contributed by atoms with Crippen molar-refractivity contribution in [2.45, 2.75) is 101 Å². The summed E-state index contributed by atoms with van der Waals surface area (Å²) >= 11 is 0. The van der Waals surface area contributed by atoms with Crippen molar-refractivity contribution in [2.75, 3.05) is 0 Å². The fourth-order valence-corrected chi connectivity index (χ4v) is 0.500. The molecule has 0 atom stereocenters. The van der Waals surface area contributed by atoms with E-state index in [0.717, 1.165) is 0 Å². The van der Waals surface area contributed by atoms with Crippen LogP contribution in [0.4, 0.5) is 0 Å². The van der Waals surface area contributed by atoms with Gasteiger partial charge in [-0.15, -0.1) is 0 Å². The van der Waals surface area contributed by atoms with Gasteiger partial charge in [0, 0.05) is 0 Å². The van der Waals surface area contributed by atoms with Crippen molar-refractivity contribution in [1.82, 2.24) is 0 Å². The van der Waals surface area contributed by atoms with Crippen molar-refractivity contribution in [1.29, 1.82) is 0 Å². The molecule has 15 heavy (non-hydrogen) atoms. The lowest BCUT2D eigenvalue weighted by Gasteiger charge is -1.86. The molecule has 0 aliphatic rings. The van der Waals surface area contributed by atoms with E-state index in [1.165, 1.54) is 44.9 Å². The highest BCUT2D eigenvalue weighted by molar-refractivity contribution is 4.31. The zero-order chi connectivity index (χ0) is 10.9. The Hall–Kier alpha value is 0. The lowest BCUT2D eigenvalue weighted by atomic mass is 10.2. The van der Waals surface area contributed by atoms with Crippen LogP contribution in [0.1, 0.15) is 101 Å². The van der Waals surface area contributed by atoms with Crippen LogP contribution in [0.3, 0.4) is 0 Å². The molecule has 0 N–H and O–H groups in total. The van der Waals surface area contributed by atoms with E-state index in [2.05, 4.69) is 41.5 Å². The van der Waals surface area contributed by atoms with Crippen LogP contribution in [0, 0.1) is 0 Å². The summed E-state index contributed by atoms with van der Waals surface area (Å²) < 4.78 is 0. The van der Waals surface area contributed by atoms with Crippen LogP contribution >= 0.6 is 0 Å². The van der Waals surface area contributed by atoms with Gasteiger partial charge in [0.15, 0.2) is 0 Å². The van der Waals surface area contributed by atoms with Crippen LogP contribution < -0.4 is 0 Å². The van der Waals surface area contributed by atoms with Crippen molar-refractivity contribution in [3.8, 4) is 0 Å². The minimum Gasteiger partial charge on any atom is -0.0776 e. The largest absolute Gasteiger partial charge is 0.0776 e. The third-order valence-electron chi connectivity index (χ3n) is 1.46. The molecule has 0 aromatic carbocycles. The maximum atomic E-state index is 2.23. The SMILES string of the molecule is C.C.CCC.CCCC.CCCCCC. The molecule has 0 radical (unpaired) electrons. The second-order valence-corrected chi connectivity index (χ2v) is 3.41. The first-order valence-electron chi connectivity index (χ1n) is 6.24. The molecule has 0 spiro atoms. The predicted molar refractivity (Wildman–Crippen MR) is 79.8 cm³/mol. The maximum absolute atomic E-state index is 2.23. The lowest BCUT2D eigenvalue weighted by molar-refractivity contribution is 0.702. The molecule has 0 aliphatic heterocycles. The third kappa shape index (κ3) is 126. The number of rotatable bonds is 4. The molecule has 0 aromatic heterocycles. The Morgan fingerprint density at radius 1 is 0.467 bits per heavy atom. The summed E-state index contributed by atoms with van der Waals surface area (Å²) in [6, 6.07) is 0. The molecule has 0 nitrogen and oxygen atoms in total. The van der Waals surface area contributed by atoms with Gasteiger partial charge in [-0.1, -0.05) is 101 Å². The average Bonchev–Trinajstić information content (AvgIpc) is 2.16. The Labute approximate surface area is 102 Å². The van der Waals surface area contributed by atoms with Crippen LogP contribution in [0.5, 0.6) is 0 Å². The van der Waals surface area contributed by atoms with Crippen LogP contribution in [0.25, 0.3) is 0 Å². The number of hydrogen-bond acceptors (Lipinski definition) is 0. The lowest BCUT2D eigenvalue weighted by Crippen LogP contribution is -1.66. The van der Waals surface area contributed by atoms with Gasteiger partial charge in [-0.2, -0.15) is 0 Å². The molecule has 0 fully saturated rings. The van der Waals surface area contributed by atoms with Gasteiger partial charge >= 0.3 is 0 Å². The molecule has 0 saturated carbocycles. The summed E-state index contributed by atoms with van der Waals surface area (Å²) in [7, 11) is 0. The molecule has 0 heteroatoms. The first-order valence-corrected chi connectivity index (χ1v) is 6.24. The Bertz CT molecular complexity index is 33.3.